The summed E-state index contributed by atoms with van der Waals surface area (Å²) in [4.78, 5) is 6.01. The minimum absolute atomic E-state index is 0.306. The molecule has 2 atom stereocenters. The van der Waals surface area contributed by atoms with Crippen LogP contribution < -0.4 is 4.90 Å². The fraction of sp³-hybridized carbons (Fsp3) is 0.438. The van der Waals surface area contributed by atoms with Gasteiger partial charge in [0, 0.05) is 10.9 Å². The Morgan fingerprint density at radius 3 is 2.70 bits per heavy atom. The van der Waals surface area contributed by atoms with Gasteiger partial charge < -0.3 is 9.64 Å². The van der Waals surface area contributed by atoms with Crippen LogP contribution in [0, 0.1) is 0 Å². The molecule has 0 bridgehead atoms. The maximum Gasteiger partial charge on any atom is 0.138 e. The molecule has 4 heteroatoms. The highest BCUT2D eigenvalue weighted by molar-refractivity contribution is 6.30. The smallest absolute Gasteiger partial charge is 0.138 e. The Morgan fingerprint density at radius 1 is 1.25 bits per heavy atom. The molecule has 0 amide bonds. The number of quaternary nitrogens is 1. The van der Waals surface area contributed by atoms with Gasteiger partial charge in [-0.15, -0.1) is 0 Å². The van der Waals surface area contributed by atoms with Gasteiger partial charge in [-0.25, -0.2) is 4.98 Å². The molecule has 1 aliphatic rings. The van der Waals surface area contributed by atoms with Crippen LogP contribution in [-0.2, 0) is 11.3 Å². The molecule has 1 aromatic carbocycles. The van der Waals surface area contributed by atoms with Gasteiger partial charge in [-0.1, -0.05) is 29.8 Å². The molecule has 1 N–H and O–H groups in total. The number of hydrogen-bond acceptors (Lipinski definition) is 2. The molecular formula is C16H20ClN2O+. The molecule has 0 saturated carbocycles. The third-order valence-corrected chi connectivity index (χ3v) is 4.13. The van der Waals surface area contributed by atoms with E-state index in [1.54, 1.807) is 0 Å². The molecule has 20 heavy (non-hydrogen) atoms. The maximum atomic E-state index is 6.34. The monoisotopic (exact) mass is 291 g/mol. The number of hydrogen-bond donors (Lipinski definition) is 1. The summed E-state index contributed by atoms with van der Waals surface area (Å²) in [6.07, 6.45) is 0.613. The van der Waals surface area contributed by atoms with Gasteiger partial charge in [0.25, 0.3) is 0 Å². The van der Waals surface area contributed by atoms with Crippen molar-refractivity contribution in [1.29, 1.82) is 0 Å². The number of rotatable bonds is 2. The second kappa shape index (κ2) is 5.68. The van der Waals surface area contributed by atoms with Crippen LogP contribution in [-0.4, -0.2) is 30.3 Å². The average molecular weight is 292 g/mol. The van der Waals surface area contributed by atoms with Crippen LogP contribution in [0.1, 0.15) is 19.4 Å². The number of morpholine rings is 1. The zero-order chi connectivity index (χ0) is 14.1. The van der Waals surface area contributed by atoms with E-state index in [0.29, 0.717) is 17.4 Å². The molecule has 0 spiro atoms. The van der Waals surface area contributed by atoms with Gasteiger partial charge in [-0.3, -0.25) is 0 Å². The lowest BCUT2D eigenvalue weighted by Crippen LogP contribution is -3.14. The van der Waals surface area contributed by atoms with E-state index in [0.717, 1.165) is 36.1 Å². The van der Waals surface area contributed by atoms with Gasteiger partial charge >= 0.3 is 0 Å². The average Bonchev–Trinajstić information content (AvgIpc) is 2.38. The van der Waals surface area contributed by atoms with E-state index in [4.69, 9.17) is 16.3 Å². The van der Waals surface area contributed by atoms with Crippen molar-refractivity contribution in [3.63, 3.8) is 0 Å². The van der Waals surface area contributed by atoms with Crippen LogP contribution in [0.4, 0.5) is 0 Å². The molecule has 1 aliphatic heterocycles. The van der Waals surface area contributed by atoms with E-state index >= 15 is 0 Å². The second-order valence-electron chi connectivity index (χ2n) is 5.72. The van der Waals surface area contributed by atoms with Crippen molar-refractivity contribution in [2.45, 2.75) is 32.6 Å². The molecule has 0 aliphatic carbocycles. The minimum atomic E-state index is 0.306. The summed E-state index contributed by atoms with van der Waals surface area (Å²) in [5.74, 6) is 0. The Balaban J connectivity index is 1.85. The fourth-order valence-corrected chi connectivity index (χ4v) is 3.28. The highest BCUT2D eigenvalue weighted by Crippen LogP contribution is 2.19. The van der Waals surface area contributed by atoms with E-state index in [1.807, 2.05) is 18.2 Å². The van der Waals surface area contributed by atoms with Crippen LogP contribution in [0.25, 0.3) is 10.9 Å². The third kappa shape index (κ3) is 2.95. The summed E-state index contributed by atoms with van der Waals surface area (Å²) in [6, 6.07) is 10.3. The van der Waals surface area contributed by atoms with E-state index in [2.05, 4.69) is 31.0 Å². The van der Waals surface area contributed by atoms with Gasteiger partial charge in [-0.05, 0) is 26.0 Å². The number of nitrogens with zero attached hydrogens (tertiary/aromatic N) is 1. The molecule has 3 nitrogen and oxygen atoms in total. The number of para-hydroxylation sites is 1. The Bertz CT molecular complexity index is 606. The molecule has 0 radical (unpaired) electrons. The molecule has 3 rings (SSSR count). The summed E-state index contributed by atoms with van der Waals surface area (Å²) in [5.41, 5.74) is 2.08. The minimum Gasteiger partial charge on any atom is -0.364 e. The first-order valence-corrected chi connectivity index (χ1v) is 7.53. The number of pyridine rings is 1. The fourth-order valence-electron chi connectivity index (χ4n) is 3.06. The lowest BCUT2D eigenvalue weighted by Gasteiger charge is -2.32. The molecule has 1 saturated heterocycles. The van der Waals surface area contributed by atoms with Gasteiger partial charge in [0.2, 0.25) is 0 Å². The number of halogens is 1. The predicted molar refractivity (Wildman–Crippen MR) is 81.2 cm³/mol. The van der Waals surface area contributed by atoms with Crippen molar-refractivity contribution < 1.29 is 9.64 Å². The summed E-state index contributed by atoms with van der Waals surface area (Å²) < 4.78 is 5.79. The number of aromatic nitrogens is 1. The number of ether oxygens (including phenoxy) is 1. The highest BCUT2D eigenvalue weighted by atomic mass is 35.5. The largest absolute Gasteiger partial charge is 0.364 e. The van der Waals surface area contributed by atoms with Crippen LogP contribution >= 0.6 is 11.6 Å². The van der Waals surface area contributed by atoms with Gasteiger partial charge in [0.05, 0.1) is 5.52 Å². The molecule has 0 unspecified atom stereocenters. The van der Waals surface area contributed by atoms with E-state index in [9.17, 15) is 0 Å². The Morgan fingerprint density at radius 2 is 1.95 bits per heavy atom. The van der Waals surface area contributed by atoms with E-state index in [-0.39, 0.29) is 0 Å². The number of fused-ring (bicyclic) bond motifs is 1. The molecule has 2 heterocycles. The molecule has 2 aromatic rings. The van der Waals surface area contributed by atoms with Crippen molar-refractivity contribution in [1.82, 2.24) is 4.98 Å². The van der Waals surface area contributed by atoms with Crippen LogP contribution in [0.15, 0.2) is 30.3 Å². The van der Waals surface area contributed by atoms with Crippen molar-refractivity contribution in [3.05, 3.63) is 41.0 Å². The van der Waals surface area contributed by atoms with E-state index in [1.165, 1.54) is 4.90 Å². The number of nitrogens with one attached hydrogen (secondary N) is 1. The van der Waals surface area contributed by atoms with Crippen LogP contribution in [0.5, 0.6) is 0 Å². The predicted octanol–water partition coefficient (Wildman–Crippen LogP) is 2.08. The molecule has 106 valence electrons. The lowest BCUT2D eigenvalue weighted by molar-refractivity contribution is -0.928. The normalized spacial score (nSPS) is 26.9. The Hall–Kier alpha value is -1.16. The first-order valence-electron chi connectivity index (χ1n) is 7.15. The van der Waals surface area contributed by atoms with Gasteiger partial charge in [-0.2, -0.15) is 0 Å². The standard InChI is InChI=1S/C16H19ClN2O/c1-11-8-19(9-12(2)20-11)10-14-7-13-5-3-4-6-15(13)18-16(14)17/h3-7,11-12H,8-10H2,1-2H3/p+1/t11-,12-/m0/s1. The maximum absolute atomic E-state index is 6.34. The van der Waals surface area contributed by atoms with Crippen molar-refractivity contribution in [2.24, 2.45) is 0 Å². The van der Waals surface area contributed by atoms with Crippen LogP contribution in [0.2, 0.25) is 5.15 Å². The van der Waals surface area contributed by atoms with Gasteiger partial charge in [0.15, 0.2) is 0 Å². The Kier molecular flexibility index (Phi) is 3.92. The van der Waals surface area contributed by atoms with Crippen molar-refractivity contribution in [3.8, 4) is 0 Å². The topological polar surface area (TPSA) is 26.6 Å². The lowest BCUT2D eigenvalue weighted by atomic mass is 10.1. The highest BCUT2D eigenvalue weighted by Gasteiger charge is 2.26. The molecule has 1 aromatic heterocycles. The second-order valence-corrected chi connectivity index (χ2v) is 6.08. The van der Waals surface area contributed by atoms with Crippen LogP contribution in [0.3, 0.4) is 0 Å². The van der Waals surface area contributed by atoms with Gasteiger partial charge in [0.1, 0.15) is 37.0 Å². The number of benzene rings is 1. The SMILES string of the molecule is C[C@H]1C[NH+](Cc2cc3ccccc3nc2Cl)C[C@H](C)O1. The third-order valence-electron chi connectivity index (χ3n) is 3.81. The molecular weight excluding hydrogens is 272 g/mol. The Labute approximate surface area is 124 Å². The van der Waals surface area contributed by atoms with E-state index < -0.39 is 0 Å². The zero-order valence-corrected chi connectivity index (χ0v) is 12.7. The summed E-state index contributed by atoms with van der Waals surface area (Å²) in [5, 5.41) is 1.78. The zero-order valence-electron chi connectivity index (χ0n) is 11.9. The van der Waals surface area contributed by atoms with Crippen molar-refractivity contribution in [2.75, 3.05) is 13.1 Å². The summed E-state index contributed by atoms with van der Waals surface area (Å²) in [6.45, 7) is 7.22. The summed E-state index contributed by atoms with van der Waals surface area (Å²) in [7, 11) is 0. The first-order chi connectivity index (χ1) is 9.61. The molecule has 1 fully saturated rings. The summed E-state index contributed by atoms with van der Waals surface area (Å²) >= 11 is 6.34. The quantitative estimate of drug-likeness (QED) is 0.858. The first kappa shape index (κ1) is 13.8. The van der Waals surface area contributed by atoms with Crippen molar-refractivity contribution >= 4 is 22.5 Å².